The van der Waals surface area contributed by atoms with Crippen LogP contribution in [0.3, 0.4) is 0 Å². The molecule has 1 N–H and O–H groups in total. The Hall–Kier alpha value is -2.61. The van der Waals surface area contributed by atoms with Gasteiger partial charge in [-0.3, -0.25) is 4.79 Å². The van der Waals surface area contributed by atoms with Crippen LogP contribution in [-0.4, -0.2) is 38.2 Å². The smallest absolute Gasteiger partial charge is 0.251 e. The number of halogens is 1. The number of carbonyl (C=O) groups is 1. The second-order valence-electron chi connectivity index (χ2n) is 7.15. The molecule has 0 spiro atoms. The van der Waals surface area contributed by atoms with Crippen LogP contribution in [0, 0.1) is 5.82 Å². The summed E-state index contributed by atoms with van der Waals surface area (Å²) in [5.74, 6) is 0.0383. The van der Waals surface area contributed by atoms with Crippen molar-refractivity contribution in [3.63, 3.8) is 0 Å². The molecule has 27 heavy (non-hydrogen) atoms. The Labute approximate surface area is 156 Å². The lowest BCUT2D eigenvalue weighted by atomic mass is 9.99. The molecule has 6 nitrogen and oxygen atoms in total. The van der Waals surface area contributed by atoms with Crippen LogP contribution in [0.5, 0.6) is 11.5 Å². The van der Waals surface area contributed by atoms with Gasteiger partial charge in [-0.15, -0.1) is 0 Å². The van der Waals surface area contributed by atoms with E-state index in [4.69, 9.17) is 9.47 Å². The number of hydrogen-bond donors (Lipinski definition) is 1. The number of benzene rings is 2. The SMILES string of the molecule is CC1(NC(=O)c2cc(F)cc(-c3ccc4c(c3)OCO4)c2)CCS(=O)(=O)C1. The van der Waals surface area contributed by atoms with Gasteiger partial charge in [-0.25, -0.2) is 12.8 Å². The van der Waals surface area contributed by atoms with Gasteiger partial charge in [0.25, 0.3) is 5.91 Å². The standard InChI is InChI=1S/C19H18FNO5S/c1-19(4-5-27(23,24)10-19)21-18(22)14-6-13(7-15(20)8-14)12-2-3-16-17(9-12)26-11-25-16/h2-3,6-9H,4-5,10-11H2,1H3,(H,21,22). The Bertz CT molecular complexity index is 1040. The largest absolute Gasteiger partial charge is 0.454 e. The maximum Gasteiger partial charge on any atom is 0.251 e. The third-order valence-electron chi connectivity index (χ3n) is 4.78. The lowest BCUT2D eigenvalue weighted by Gasteiger charge is -2.24. The normalized spacial score (nSPS) is 22.6. The predicted octanol–water partition coefficient (Wildman–Crippen LogP) is 2.53. The van der Waals surface area contributed by atoms with E-state index < -0.39 is 27.1 Å². The van der Waals surface area contributed by atoms with E-state index in [1.54, 1.807) is 31.2 Å². The van der Waals surface area contributed by atoms with E-state index in [1.165, 1.54) is 6.07 Å². The molecule has 4 rings (SSSR count). The first-order chi connectivity index (χ1) is 12.7. The Kier molecular flexibility index (Phi) is 4.10. The lowest BCUT2D eigenvalue weighted by Crippen LogP contribution is -2.46. The first kappa shape index (κ1) is 17.8. The van der Waals surface area contributed by atoms with Gasteiger partial charge in [-0.05, 0) is 54.8 Å². The highest BCUT2D eigenvalue weighted by molar-refractivity contribution is 7.91. The summed E-state index contributed by atoms with van der Waals surface area (Å²) < 4.78 is 48.2. The molecular weight excluding hydrogens is 373 g/mol. The van der Waals surface area contributed by atoms with Crippen LogP contribution in [0.2, 0.25) is 0 Å². The Morgan fingerprint density at radius 1 is 1.11 bits per heavy atom. The van der Waals surface area contributed by atoms with Crippen LogP contribution < -0.4 is 14.8 Å². The average Bonchev–Trinajstić information content (AvgIpc) is 3.17. The molecule has 0 aliphatic carbocycles. The molecule has 142 valence electrons. The fourth-order valence-corrected chi connectivity index (χ4v) is 5.51. The van der Waals surface area contributed by atoms with Gasteiger partial charge < -0.3 is 14.8 Å². The molecule has 1 fully saturated rings. The van der Waals surface area contributed by atoms with Gasteiger partial charge in [-0.2, -0.15) is 0 Å². The van der Waals surface area contributed by atoms with Crippen LogP contribution in [-0.2, 0) is 9.84 Å². The molecule has 2 aliphatic heterocycles. The molecule has 0 saturated carbocycles. The van der Waals surface area contributed by atoms with Crippen LogP contribution in [0.15, 0.2) is 36.4 Å². The van der Waals surface area contributed by atoms with Crippen molar-refractivity contribution in [2.75, 3.05) is 18.3 Å². The van der Waals surface area contributed by atoms with Crippen LogP contribution in [0.1, 0.15) is 23.7 Å². The first-order valence-electron chi connectivity index (χ1n) is 8.47. The third kappa shape index (κ3) is 3.62. The maximum atomic E-state index is 14.1. The molecule has 1 amide bonds. The molecule has 0 bridgehead atoms. The lowest BCUT2D eigenvalue weighted by molar-refractivity contribution is 0.0915. The van der Waals surface area contributed by atoms with Crippen molar-refractivity contribution in [1.29, 1.82) is 0 Å². The van der Waals surface area contributed by atoms with Crippen molar-refractivity contribution < 1.29 is 27.1 Å². The summed E-state index contributed by atoms with van der Waals surface area (Å²) in [6.45, 7) is 1.82. The molecule has 1 atom stereocenters. The fourth-order valence-electron chi connectivity index (χ4n) is 3.42. The molecular formula is C19H18FNO5S. The van der Waals surface area contributed by atoms with Crippen molar-refractivity contribution >= 4 is 15.7 Å². The van der Waals surface area contributed by atoms with Gasteiger partial charge in [0.2, 0.25) is 6.79 Å². The molecule has 1 saturated heterocycles. The number of sulfone groups is 1. The predicted molar refractivity (Wildman–Crippen MR) is 97.1 cm³/mol. The molecule has 0 radical (unpaired) electrons. The average molecular weight is 391 g/mol. The highest BCUT2D eigenvalue weighted by Gasteiger charge is 2.39. The molecule has 2 aromatic carbocycles. The van der Waals surface area contributed by atoms with Crippen LogP contribution >= 0.6 is 0 Å². The summed E-state index contributed by atoms with van der Waals surface area (Å²) in [6.07, 6.45) is 0.339. The molecule has 2 aliphatic rings. The summed E-state index contributed by atoms with van der Waals surface area (Å²) in [5, 5.41) is 2.75. The first-order valence-corrected chi connectivity index (χ1v) is 10.3. The van der Waals surface area contributed by atoms with Crippen LogP contribution in [0.4, 0.5) is 4.39 Å². The van der Waals surface area contributed by atoms with E-state index >= 15 is 0 Å². The summed E-state index contributed by atoms with van der Waals surface area (Å²) in [6, 6.07) is 9.25. The van der Waals surface area contributed by atoms with Crippen molar-refractivity contribution in [2.24, 2.45) is 0 Å². The second-order valence-corrected chi connectivity index (χ2v) is 9.34. The van der Waals surface area contributed by atoms with E-state index in [9.17, 15) is 17.6 Å². The summed E-state index contributed by atoms with van der Waals surface area (Å²) in [4.78, 5) is 12.6. The maximum absolute atomic E-state index is 14.1. The Morgan fingerprint density at radius 2 is 1.89 bits per heavy atom. The number of nitrogens with one attached hydrogen (secondary N) is 1. The Morgan fingerprint density at radius 3 is 2.63 bits per heavy atom. The highest BCUT2D eigenvalue weighted by Crippen LogP contribution is 2.36. The zero-order valence-electron chi connectivity index (χ0n) is 14.6. The van der Waals surface area contributed by atoms with E-state index in [1.807, 2.05) is 0 Å². The Balaban J connectivity index is 1.62. The van der Waals surface area contributed by atoms with E-state index in [-0.39, 0.29) is 23.9 Å². The summed E-state index contributed by atoms with van der Waals surface area (Å²) in [7, 11) is -3.16. The van der Waals surface area contributed by atoms with Crippen molar-refractivity contribution in [3.8, 4) is 22.6 Å². The summed E-state index contributed by atoms with van der Waals surface area (Å²) >= 11 is 0. The summed E-state index contributed by atoms with van der Waals surface area (Å²) in [5.41, 5.74) is 0.486. The van der Waals surface area contributed by atoms with Gasteiger partial charge in [-0.1, -0.05) is 6.07 Å². The van der Waals surface area contributed by atoms with Crippen molar-refractivity contribution in [3.05, 3.63) is 47.8 Å². The second kappa shape index (κ2) is 6.23. The van der Waals surface area contributed by atoms with E-state index in [0.717, 1.165) is 6.07 Å². The minimum absolute atomic E-state index is 0.0371. The minimum Gasteiger partial charge on any atom is -0.454 e. The topological polar surface area (TPSA) is 81.7 Å². The molecule has 2 aromatic rings. The number of amides is 1. The van der Waals surface area contributed by atoms with Gasteiger partial charge >= 0.3 is 0 Å². The van der Waals surface area contributed by atoms with Crippen LogP contribution in [0.25, 0.3) is 11.1 Å². The number of rotatable bonds is 3. The zero-order valence-corrected chi connectivity index (χ0v) is 15.4. The van der Waals surface area contributed by atoms with Crippen molar-refractivity contribution in [2.45, 2.75) is 18.9 Å². The fraction of sp³-hybridized carbons (Fsp3) is 0.316. The quantitative estimate of drug-likeness (QED) is 0.870. The number of hydrogen-bond acceptors (Lipinski definition) is 5. The zero-order chi connectivity index (χ0) is 19.2. The van der Waals surface area contributed by atoms with Gasteiger partial charge in [0.05, 0.1) is 17.0 Å². The van der Waals surface area contributed by atoms with E-state index in [0.29, 0.717) is 29.0 Å². The van der Waals surface area contributed by atoms with Gasteiger partial charge in [0.1, 0.15) is 5.82 Å². The highest BCUT2D eigenvalue weighted by atomic mass is 32.2. The van der Waals surface area contributed by atoms with Gasteiger partial charge in [0.15, 0.2) is 21.3 Å². The number of fused-ring (bicyclic) bond motifs is 1. The molecule has 8 heteroatoms. The van der Waals surface area contributed by atoms with Gasteiger partial charge in [0, 0.05) is 5.56 Å². The third-order valence-corrected chi connectivity index (χ3v) is 6.69. The molecule has 2 heterocycles. The number of carbonyl (C=O) groups excluding carboxylic acids is 1. The minimum atomic E-state index is -3.16. The molecule has 0 aromatic heterocycles. The number of ether oxygens (including phenoxy) is 2. The molecule has 1 unspecified atom stereocenters. The van der Waals surface area contributed by atoms with Crippen molar-refractivity contribution in [1.82, 2.24) is 5.32 Å². The monoisotopic (exact) mass is 391 g/mol. The van der Waals surface area contributed by atoms with E-state index in [2.05, 4.69) is 5.32 Å².